The smallest absolute Gasteiger partial charge is 0.232 e. The van der Waals surface area contributed by atoms with E-state index in [2.05, 4.69) is 10.1 Å². The molecule has 1 saturated carbocycles. The molecule has 5 nitrogen and oxygen atoms in total. The Morgan fingerprint density at radius 2 is 2.14 bits per heavy atom. The van der Waals surface area contributed by atoms with Crippen LogP contribution < -0.4 is 4.90 Å². The Morgan fingerprint density at radius 1 is 1.32 bits per heavy atom. The molecule has 0 bridgehead atoms. The zero-order valence-electron chi connectivity index (χ0n) is 12.3. The van der Waals surface area contributed by atoms with Crippen molar-refractivity contribution in [2.24, 2.45) is 0 Å². The predicted octanol–water partition coefficient (Wildman–Crippen LogP) is 2.92. The Hall–Kier alpha value is -2.24. The molecule has 2 heterocycles. The van der Waals surface area contributed by atoms with Crippen molar-refractivity contribution in [1.29, 1.82) is 0 Å². The summed E-state index contributed by atoms with van der Waals surface area (Å²) in [5, 5.41) is 3.98. The number of carbonyl (C=O) groups is 1. The van der Waals surface area contributed by atoms with Gasteiger partial charge in [0.25, 0.3) is 0 Å². The van der Waals surface area contributed by atoms with Crippen LogP contribution in [0.25, 0.3) is 0 Å². The number of nitrogens with zero attached hydrogens (tertiary/aromatic N) is 3. The summed E-state index contributed by atoms with van der Waals surface area (Å²) in [5.41, 5.74) is 1.15. The van der Waals surface area contributed by atoms with E-state index >= 15 is 0 Å². The van der Waals surface area contributed by atoms with Crippen LogP contribution >= 0.6 is 0 Å². The molecule has 2 fully saturated rings. The number of hydrogen-bond donors (Lipinski definition) is 0. The SMILES string of the molecule is Cc1ccc(N2CC(c3nc(C4CC4)no3)CC2=O)c(F)c1. The van der Waals surface area contributed by atoms with Gasteiger partial charge in [0.15, 0.2) is 5.82 Å². The first-order chi connectivity index (χ1) is 10.6. The fourth-order valence-corrected chi connectivity index (χ4v) is 2.86. The van der Waals surface area contributed by atoms with Gasteiger partial charge in [-0.25, -0.2) is 4.39 Å². The number of rotatable bonds is 3. The third-order valence-electron chi connectivity index (χ3n) is 4.27. The molecule has 0 N–H and O–H groups in total. The molecular formula is C16H16FN3O2. The molecule has 22 heavy (non-hydrogen) atoms. The summed E-state index contributed by atoms with van der Waals surface area (Å²) in [6, 6.07) is 4.89. The molecule has 1 aromatic carbocycles. The van der Waals surface area contributed by atoms with Gasteiger partial charge >= 0.3 is 0 Å². The lowest BCUT2D eigenvalue weighted by Gasteiger charge is -2.17. The highest BCUT2D eigenvalue weighted by Crippen LogP contribution is 2.39. The van der Waals surface area contributed by atoms with Gasteiger partial charge in [-0.05, 0) is 37.5 Å². The summed E-state index contributed by atoms with van der Waals surface area (Å²) in [6.07, 6.45) is 2.48. The summed E-state index contributed by atoms with van der Waals surface area (Å²) in [5.74, 6) is 0.998. The molecule has 1 aliphatic carbocycles. The first-order valence-corrected chi connectivity index (χ1v) is 7.52. The van der Waals surface area contributed by atoms with Gasteiger partial charge in [0.2, 0.25) is 11.8 Å². The molecule has 6 heteroatoms. The van der Waals surface area contributed by atoms with Crippen LogP contribution in [0.4, 0.5) is 10.1 Å². The Morgan fingerprint density at radius 3 is 2.86 bits per heavy atom. The van der Waals surface area contributed by atoms with Gasteiger partial charge in [0.05, 0.1) is 11.6 Å². The van der Waals surface area contributed by atoms with E-state index in [1.807, 2.05) is 6.92 Å². The van der Waals surface area contributed by atoms with Crippen molar-refractivity contribution < 1.29 is 13.7 Å². The number of benzene rings is 1. The van der Waals surface area contributed by atoms with Crippen molar-refractivity contribution in [3.05, 3.63) is 41.3 Å². The quantitative estimate of drug-likeness (QED) is 0.874. The number of hydrogen-bond acceptors (Lipinski definition) is 4. The van der Waals surface area contributed by atoms with E-state index in [-0.39, 0.29) is 24.1 Å². The molecular weight excluding hydrogens is 285 g/mol. The molecule has 1 saturated heterocycles. The van der Waals surface area contributed by atoms with Crippen LogP contribution in [0, 0.1) is 12.7 Å². The van der Waals surface area contributed by atoms with E-state index in [4.69, 9.17) is 4.52 Å². The second-order valence-electron chi connectivity index (χ2n) is 6.13. The number of anilines is 1. The third-order valence-corrected chi connectivity index (χ3v) is 4.27. The van der Waals surface area contributed by atoms with Crippen molar-refractivity contribution in [3.8, 4) is 0 Å². The van der Waals surface area contributed by atoms with E-state index in [0.29, 0.717) is 24.0 Å². The highest BCUT2D eigenvalue weighted by molar-refractivity contribution is 5.96. The zero-order chi connectivity index (χ0) is 15.3. The normalized spacial score (nSPS) is 21.6. The monoisotopic (exact) mass is 301 g/mol. The van der Waals surface area contributed by atoms with E-state index in [9.17, 15) is 9.18 Å². The van der Waals surface area contributed by atoms with Crippen LogP contribution in [0.3, 0.4) is 0 Å². The number of carbonyl (C=O) groups excluding carboxylic acids is 1. The average Bonchev–Trinajstić information content (AvgIpc) is 3.08. The van der Waals surface area contributed by atoms with Crippen molar-refractivity contribution >= 4 is 11.6 Å². The first-order valence-electron chi connectivity index (χ1n) is 7.52. The fraction of sp³-hybridized carbons (Fsp3) is 0.438. The molecule has 1 amide bonds. The second kappa shape index (κ2) is 4.90. The van der Waals surface area contributed by atoms with E-state index in [1.165, 1.54) is 11.0 Å². The van der Waals surface area contributed by atoms with E-state index in [0.717, 1.165) is 24.2 Å². The first kappa shape index (κ1) is 13.4. The maximum absolute atomic E-state index is 14.1. The Balaban J connectivity index is 1.57. The molecule has 1 atom stereocenters. The van der Waals surface area contributed by atoms with Gasteiger partial charge in [-0.15, -0.1) is 0 Å². The highest BCUT2D eigenvalue weighted by atomic mass is 19.1. The van der Waals surface area contributed by atoms with E-state index in [1.54, 1.807) is 12.1 Å². The maximum Gasteiger partial charge on any atom is 0.232 e. The number of aromatic nitrogens is 2. The maximum atomic E-state index is 14.1. The molecule has 1 aromatic heterocycles. The minimum absolute atomic E-state index is 0.112. The molecule has 0 spiro atoms. The van der Waals surface area contributed by atoms with Crippen molar-refractivity contribution in [2.45, 2.75) is 38.0 Å². The highest BCUT2D eigenvalue weighted by Gasteiger charge is 2.37. The summed E-state index contributed by atoms with van der Waals surface area (Å²) in [4.78, 5) is 18.1. The lowest BCUT2D eigenvalue weighted by atomic mass is 10.1. The molecule has 1 aliphatic heterocycles. The van der Waals surface area contributed by atoms with Gasteiger partial charge in [0.1, 0.15) is 5.82 Å². The molecule has 2 aliphatic rings. The Bertz CT molecular complexity index is 739. The Kier molecular flexibility index (Phi) is 2.99. The Labute approximate surface area is 127 Å². The number of halogens is 1. The van der Waals surface area contributed by atoms with Crippen LogP contribution in [-0.4, -0.2) is 22.6 Å². The third kappa shape index (κ3) is 2.28. The number of aryl methyl sites for hydroxylation is 1. The minimum atomic E-state index is -0.377. The van der Waals surface area contributed by atoms with Gasteiger partial charge in [-0.2, -0.15) is 4.98 Å². The molecule has 2 aromatic rings. The lowest BCUT2D eigenvalue weighted by Crippen LogP contribution is -2.25. The van der Waals surface area contributed by atoms with Crippen molar-refractivity contribution in [3.63, 3.8) is 0 Å². The zero-order valence-corrected chi connectivity index (χ0v) is 12.3. The van der Waals surface area contributed by atoms with Crippen LogP contribution in [0.1, 0.15) is 48.4 Å². The summed E-state index contributed by atoms with van der Waals surface area (Å²) in [6.45, 7) is 2.20. The van der Waals surface area contributed by atoms with Gasteiger partial charge in [-0.3, -0.25) is 4.79 Å². The summed E-state index contributed by atoms with van der Waals surface area (Å²) < 4.78 is 19.4. The number of amides is 1. The van der Waals surface area contributed by atoms with Crippen LogP contribution in [0.2, 0.25) is 0 Å². The van der Waals surface area contributed by atoms with Crippen molar-refractivity contribution in [1.82, 2.24) is 10.1 Å². The molecule has 1 unspecified atom stereocenters. The van der Waals surface area contributed by atoms with Gasteiger partial charge in [-0.1, -0.05) is 11.2 Å². The predicted molar refractivity (Wildman–Crippen MR) is 77.1 cm³/mol. The largest absolute Gasteiger partial charge is 0.339 e. The van der Waals surface area contributed by atoms with Crippen LogP contribution in [-0.2, 0) is 4.79 Å². The molecule has 114 valence electrons. The van der Waals surface area contributed by atoms with Gasteiger partial charge < -0.3 is 9.42 Å². The summed E-state index contributed by atoms with van der Waals surface area (Å²) in [7, 11) is 0. The standard InChI is InChI=1S/C16H16FN3O2/c1-9-2-5-13(12(17)6-9)20-8-11(7-14(20)21)16-18-15(19-22-16)10-3-4-10/h2,5-6,10-11H,3-4,7-8H2,1H3. The fourth-order valence-electron chi connectivity index (χ4n) is 2.86. The second-order valence-corrected chi connectivity index (χ2v) is 6.13. The van der Waals surface area contributed by atoms with Crippen LogP contribution in [0.5, 0.6) is 0 Å². The molecule has 0 radical (unpaired) electrons. The van der Waals surface area contributed by atoms with E-state index < -0.39 is 0 Å². The summed E-state index contributed by atoms with van der Waals surface area (Å²) >= 11 is 0. The minimum Gasteiger partial charge on any atom is -0.339 e. The van der Waals surface area contributed by atoms with Crippen molar-refractivity contribution in [2.75, 3.05) is 11.4 Å². The molecule has 4 rings (SSSR count). The van der Waals surface area contributed by atoms with Gasteiger partial charge in [0, 0.05) is 18.9 Å². The van der Waals surface area contributed by atoms with Crippen LogP contribution in [0.15, 0.2) is 22.7 Å². The topological polar surface area (TPSA) is 59.2 Å². The average molecular weight is 301 g/mol. The lowest BCUT2D eigenvalue weighted by molar-refractivity contribution is -0.117.